The predicted molar refractivity (Wildman–Crippen MR) is 59.9 cm³/mol. The maximum Gasteiger partial charge on any atom is 0.0955 e. The standard InChI is InChI=1S/C13H14N2/c1-10-8-15(9-14-10)13-7-6-11-4-2-3-5-12(11)13/h2-5,8-9,13H,6-7H2,1H3. The van der Waals surface area contributed by atoms with E-state index < -0.39 is 0 Å². The zero-order valence-corrected chi connectivity index (χ0v) is 8.85. The molecule has 1 atom stereocenters. The van der Waals surface area contributed by atoms with E-state index in [1.165, 1.54) is 24.0 Å². The van der Waals surface area contributed by atoms with Gasteiger partial charge >= 0.3 is 0 Å². The minimum atomic E-state index is 0.502. The second kappa shape index (κ2) is 3.23. The van der Waals surface area contributed by atoms with Crippen molar-refractivity contribution in [2.75, 3.05) is 0 Å². The van der Waals surface area contributed by atoms with Crippen LogP contribution in [-0.2, 0) is 6.42 Å². The minimum Gasteiger partial charge on any atom is -0.330 e. The summed E-state index contributed by atoms with van der Waals surface area (Å²) in [5, 5.41) is 0. The Balaban J connectivity index is 2.04. The molecule has 2 aromatic rings. The molecular formula is C13H14N2. The van der Waals surface area contributed by atoms with Gasteiger partial charge in [-0.15, -0.1) is 0 Å². The Morgan fingerprint density at radius 1 is 1.33 bits per heavy atom. The van der Waals surface area contributed by atoms with E-state index in [0.29, 0.717) is 6.04 Å². The summed E-state index contributed by atoms with van der Waals surface area (Å²) in [6, 6.07) is 9.23. The Kier molecular flexibility index (Phi) is 1.88. The van der Waals surface area contributed by atoms with Gasteiger partial charge in [-0.3, -0.25) is 0 Å². The van der Waals surface area contributed by atoms with Gasteiger partial charge in [0.05, 0.1) is 18.1 Å². The fourth-order valence-corrected chi connectivity index (χ4v) is 2.45. The van der Waals surface area contributed by atoms with Crippen LogP contribution in [0, 0.1) is 6.92 Å². The molecule has 0 fully saturated rings. The lowest BCUT2D eigenvalue weighted by molar-refractivity contribution is 0.579. The molecule has 15 heavy (non-hydrogen) atoms. The van der Waals surface area contributed by atoms with Gasteiger partial charge in [-0.2, -0.15) is 0 Å². The summed E-state index contributed by atoms with van der Waals surface area (Å²) in [5.41, 5.74) is 4.06. The third-order valence-electron chi connectivity index (χ3n) is 3.19. The highest BCUT2D eigenvalue weighted by Gasteiger charge is 2.22. The molecule has 0 spiro atoms. The van der Waals surface area contributed by atoms with Gasteiger partial charge in [-0.1, -0.05) is 24.3 Å². The Morgan fingerprint density at radius 2 is 2.20 bits per heavy atom. The first kappa shape index (κ1) is 8.72. The van der Waals surface area contributed by atoms with E-state index >= 15 is 0 Å². The normalized spacial score (nSPS) is 19.1. The van der Waals surface area contributed by atoms with Crippen molar-refractivity contribution in [1.29, 1.82) is 0 Å². The molecule has 1 aliphatic carbocycles. The van der Waals surface area contributed by atoms with E-state index in [1.54, 1.807) is 0 Å². The summed E-state index contributed by atoms with van der Waals surface area (Å²) in [6.45, 7) is 2.04. The van der Waals surface area contributed by atoms with Gasteiger partial charge in [0.2, 0.25) is 0 Å². The van der Waals surface area contributed by atoms with Gasteiger partial charge in [0.1, 0.15) is 0 Å². The van der Waals surface area contributed by atoms with Crippen LogP contribution in [0.25, 0.3) is 0 Å². The third-order valence-corrected chi connectivity index (χ3v) is 3.19. The summed E-state index contributed by atoms with van der Waals surface area (Å²) in [7, 11) is 0. The summed E-state index contributed by atoms with van der Waals surface area (Å²) in [5.74, 6) is 0. The highest BCUT2D eigenvalue weighted by atomic mass is 15.1. The molecule has 0 bridgehead atoms. The number of aromatic nitrogens is 2. The van der Waals surface area contributed by atoms with Gasteiger partial charge in [0, 0.05) is 6.20 Å². The first-order valence-electron chi connectivity index (χ1n) is 5.42. The van der Waals surface area contributed by atoms with Crippen LogP contribution >= 0.6 is 0 Å². The molecule has 1 aromatic heterocycles. The van der Waals surface area contributed by atoms with Crippen molar-refractivity contribution < 1.29 is 0 Å². The van der Waals surface area contributed by atoms with E-state index in [9.17, 15) is 0 Å². The third kappa shape index (κ3) is 1.37. The van der Waals surface area contributed by atoms with Crippen LogP contribution in [0.2, 0.25) is 0 Å². The first-order valence-corrected chi connectivity index (χ1v) is 5.42. The number of hydrogen-bond donors (Lipinski definition) is 0. The zero-order valence-electron chi connectivity index (χ0n) is 8.85. The summed E-state index contributed by atoms with van der Waals surface area (Å²) < 4.78 is 2.24. The fraction of sp³-hybridized carbons (Fsp3) is 0.308. The molecule has 76 valence electrons. The van der Waals surface area contributed by atoms with Crippen LogP contribution in [0.15, 0.2) is 36.8 Å². The molecule has 2 heteroatoms. The van der Waals surface area contributed by atoms with Gasteiger partial charge < -0.3 is 4.57 Å². The Bertz CT molecular complexity index is 485. The van der Waals surface area contributed by atoms with Crippen LogP contribution in [0.1, 0.15) is 29.3 Å². The van der Waals surface area contributed by atoms with Crippen LogP contribution in [-0.4, -0.2) is 9.55 Å². The molecular weight excluding hydrogens is 184 g/mol. The maximum atomic E-state index is 4.30. The van der Waals surface area contributed by atoms with Crippen LogP contribution < -0.4 is 0 Å². The van der Waals surface area contributed by atoms with E-state index in [0.717, 1.165) is 5.69 Å². The Hall–Kier alpha value is -1.57. The number of hydrogen-bond acceptors (Lipinski definition) is 1. The minimum absolute atomic E-state index is 0.502. The molecule has 1 aromatic carbocycles. The number of rotatable bonds is 1. The summed E-state index contributed by atoms with van der Waals surface area (Å²) in [6.07, 6.45) is 6.47. The van der Waals surface area contributed by atoms with Crippen molar-refractivity contribution in [3.8, 4) is 0 Å². The van der Waals surface area contributed by atoms with Crippen LogP contribution in [0.3, 0.4) is 0 Å². The molecule has 0 amide bonds. The van der Waals surface area contributed by atoms with Gasteiger partial charge in [0.25, 0.3) is 0 Å². The summed E-state index contributed by atoms with van der Waals surface area (Å²) >= 11 is 0. The number of imidazole rings is 1. The monoisotopic (exact) mass is 198 g/mol. The quantitative estimate of drug-likeness (QED) is 0.689. The average Bonchev–Trinajstić information content (AvgIpc) is 2.83. The number of nitrogens with zero attached hydrogens (tertiary/aromatic N) is 2. The van der Waals surface area contributed by atoms with Gasteiger partial charge in [0.15, 0.2) is 0 Å². The SMILES string of the molecule is Cc1cn(C2CCc3ccccc32)cn1. The fourth-order valence-electron chi connectivity index (χ4n) is 2.45. The van der Waals surface area contributed by atoms with Gasteiger partial charge in [-0.25, -0.2) is 4.98 Å². The van der Waals surface area contributed by atoms with E-state index in [-0.39, 0.29) is 0 Å². The second-order valence-corrected chi connectivity index (χ2v) is 4.22. The molecule has 1 unspecified atom stereocenters. The van der Waals surface area contributed by atoms with E-state index in [2.05, 4.69) is 40.0 Å². The molecule has 3 rings (SSSR count). The van der Waals surface area contributed by atoms with Crippen molar-refractivity contribution in [3.63, 3.8) is 0 Å². The molecule has 0 aliphatic heterocycles. The highest BCUT2D eigenvalue weighted by Crippen LogP contribution is 2.33. The zero-order chi connectivity index (χ0) is 10.3. The lowest BCUT2D eigenvalue weighted by atomic mass is 10.1. The first-order chi connectivity index (χ1) is 7.34. The topological polar surface area (TPSA) is 17.8 Å². The molecule has 0 saturated carbocycles. The maximum absolute atomic E-state index is 4.30. The van der Waals surface area contributed by atoms with Gasteiger partial charge in [-0.05, 0) is 30.9 Å². The largest absolute Gasteiger partial charge is 0.330 e. The van der Waals surface area contributed by atoms with E-state index in [1.807, 2.05) is 13.3 Å². The second-order valence-electron chi connectivity index (χ2n) is 4.22. The molecule has 1 aliphatic rings. The highest BCUT2D eigenvalue weighted by molar-refractivity contribution is 5.35. The number of fused-ring (bicyclic) bond motifs is 1. The lowest BCUT2D eigenvalue weighted by Gasteiger charge is -2.12. The van der Waals surface area contributed by atoms with Crippen molar-refractivity contribution in [1.82, 2.24) is 9.55 Å². The van der Waals surface area contributed by atoms with Crippen molar-refractivity contribution in [2.24, 2.45) is 0 Å². The van der Waals surface area contributed by atoms with Crippen LogP contribution in [0.4, 0.5) is 0 Å². The molecule has 0 radical (unpaired) electrons. The molecule has 1 heterocycles. The average molecular weight is 198 g/mol. The lowest BCUT2D eigenvalue weighted by Crippen LogP contribution is -2.04. The Morgan fingerprint density at radius 3 is 3.00 bits per heavy atom. The smallest absolute Gasteiger partial charge is 0.0955 e. The van der Waals surface area contributed by atoms with E-state index in [4.69, 9.17) is 0 Å². The van der Waals surface area contributed by atoms with Crippen LogP contribution in [0.5, 0.6) is 0 Å². The molecule has 2 nitrogen and oxygen atoms in total. The predicted octanol–water partition coefficient (Wildman–Crippen LogP) is 2.73. The van der Waals surface area contributed by atoms with Crippen molar-refractivity contribution >= 4 is 0 Å². The number of aryl methyl sites for hydroxylation is 2. The molecule has 0 N–H and O–H groups in total. The van der Waals surface area contributed by atoms with Crippen molar-refractivity contribution in [2.45, 2.75) is 25.8 Å². The molecule has 0 saturated heterocycles. The number of benzene rings is 1. The Labute approximate surface area is 89.6 Å². The summed E-state index contributed by atoms with van der Waals surface area (Å²) in [4.78, 5) is 4.30. The van der Waals surface area contributed by atoms with Crippen molar-refractivity contribution in [3.05, 3.63) is 53.6 Å².